The van der Waals surface area contributed by atoms with Gasteiger partial charge in [-0.2, -0.15) is 0 Å². The van der Waals surface area contributed by atoms with Gasteiger partial charge >= 0.3 is 0 Å². The van der Waals surface area contributed by atoms with Crippen LogP contribution in [0, 0.1) is 12.7 Å². The van der Waals surface area contributed by atoms with Gasteiger partial charge < -0.3 is 4.90 Å². The van der Waals surface area contributed by atoms with Crippen LogP contribution in [-0.2, 0) is 11.2 Å². The molecule has 1 aromatic carbocycles. The van der Waals surface area contributed by atoms with Crippen LogP contribution in [0.4, 0.5) is 4.39 Å². The van der Waals surface area contributed by atoms with Gasteiger partial charge in [-0.3, -0.25) is 4.79 Å². The van der Waals surface area contributed by atoms with E-state index >= 15 is 0 Å². The highest BCUT2D eigenvalue weighted by atomic mass is 19.1. The van der Waals surface area contributed by atoms with E-state index in [0.717, 1.165) is 11.3 Å². The minimum atomic E-state index is -0.200. The molecule has 0 radical (unpaired) electrons. The molecule has 1 aliphatic carbocycles. The summed E-state index contributed by atoms with van der Waals surface area (Å²) in [6, 6.07) is 5.29. The zero-order valence-corrected chi connectivity index (χ0v) is 13.8. The van der Waals surface area contributed by atoms with Gasteiger partial charge in [-0.05, 0) is 43.4 Å². The average molecular weight is 328 g/mol. The highest BCUT2D eigenvalue weighted by molar-refractivity contribution is 5.77. The molecule has 1 aromatic heterocycles. The Hall–Kier alpha value is -2.24. The number of carbonyl (C=O) groups excluding carboxylic acids is 1. The van der Waals surface area contributed by atoms with E-state index in [2.05, 4.69) is 10.3 Å². The largest absolute Gasteiger partial charge is 0.338 e. The lowest BCUT2D eigenvalue weighted by Gasteiger charge is -2.39. The van der Waals surface area contributed by atoms with Crippen molar-refractivity contribution >= 4 is 5.91 Å². The number of carbonyl (C=O) groups is 1. The van der Waals surface area contributed by atoms with Gasteiger partial charge in [-0.15, -0.1) is 5.10 Å². The lowest BCUT2D eigenvalue weighted by Crippen LogP contribution is -2.51. The van der Waals surface area contributed by atoms with Gasteiger partial charge in [0, 0.05) is 31.6 Å². The van der Waals surface area contributed by atoms with Gasteiger partial charge in [0.15, 0.2) is 0 Å². The maximum atomic E-state index is 13.3. The number of hydrogen-bond acceptors (Lipinski definition) is 3. The molecule has 0 unspecified atom stereocenters. The Bertz CT molecular complexity index is 762. The van der Waals surface area contributed by atoms with Crippen molar-refractivity contribution in [1.82, 2.24) is 19.9 Å². The molecule has 1 aliphatic heterocycles. The number of amides is 1. The van der Waals surface area contributed by atoms with Crippen LogP contribution in [0.15, 0.2) is 24.4 Å². The predicted molar refractivity (Wildman–Crippen MR) is 87.1 cm³/mol. The number of benzene rings is 1. The van der Waals surface area contributed by atoms with Crippen LogP contribution in [0.2, 0.25) is 0 Å². The second kappa shape index (κ2) is 6.00. The average Bonchev–Trinajstić information content (AvgIpc) is 3.26. The summed E-state index contributed by atoms with van der Waals surface area (Å²) in [7, 11) is 0. The predicted octanol–water partition coefficient (Wildman–Crippen LogP) is 2.62. The molecule has 2 heterocycles. The van der Waals surface area contributed by atoms with E-state index in [4.69, 9.17) is 0 Å². The summed E-state index contributed by atoms with van der Waals surface area (Å²) in [6.45, 7) is 3.15. The van der Waals surface area contributed by atoms with Crippen molar-refractivity contribution in [2.75, 3.05) is 13.1 Å². The summed E-state index contributed by atoms with van der Waals surface area (Å²) >= 11 is 0. The Kier molecular flexibility index (Phi) is 3.82. The Morgan fingerprint density at radius 2 is 2.12 bits per heavy atom. The first-order chi connectivity index (χ1) is 11.6. The second-order valence-electron chi connectivity index (χ2n) is 6.93. The van der Waals surface area contributed by atoms with Crippen LogP contribution < -0.4 is 0 Å². The Balaban J connectivity index is 1.26. The normalized spacial score (nSPS) is 17.8. The standard InChI is InChI=1S/C18H21FN4O/c1-12-8-13(2-6-16(12)19)3-7-18(24)22-9-15(10-22)23-11-17(20-21-23)14-4-5-14/h2,6,8,11,14-15H,3-5,7,9-10H2,1H3. The number of aryl methyl sites for hydroxylation is 2. The third-order valence-corrected chi connectivity index (χ3v) is 4.96. The van der Waals surface area contributed by atoms with Crippen molar-refractivity contribution in [2.24, 2.45) is 0 Å². The summed E-state index contributed by atoms with van der Waals surface area (Å²) in [5.74, 6) is 0.556. The van der Waals surface area contributed by atoms with Crippen molar-refractivity contribution < 1.29 is 9.18 Å². The fraction of sp³-hybridized carbons (Fsp3) is 0.500. The molecule has 6 heteroatoms. The fourth-order valence-electron chi connectivity index (χ4n) is 3.13. The molecular formula is C18H21FN4O. The maximum absolute atomic E-state index is 13.3. The molecule has 0 atom stereocenters. The number of hydrogen-bond donors (Lipinski definition) is 0. The highest BCUT2D eigenvalue weighted by Gasteiger charge is 2.34. The smallest absolute Gasteiger partial charge is 0.223 e. The Morgan fingerprint density at radius 3 is 2.83 bits per heavy atom. The molecule has 0 N–H and O–H groups in total. The van der Waals surface area contributed by atoms with Crippen LogP contribution in [-0.4, -0.2) is 38.9 Å². The quantitative estimate of drug-likeness (QED) is 0.848. The third kappa shape index (κ3) is 3.05. The SMILES string of the molecule is Cc1cc(CCC(=O)N2CC(n3cc(C4CC4)nn3)C2)ccc1F. The van der Waals surface area contributed by atoms with Crippen LogP contribution in [0.5, 0.6) is 0 Å². The third-order valence-electron chi connectivity index (χ3n) is 4.96. The van der Waals surface area contributed by atoms with Gasteiger partial charge in [-0.25, -0.2) is 9.07 Å². The van der Waals surface area contributed by atoms with E-state index in [1.54, 1.807) is 13.0 Å². The van der Waals surface area contributed by atoms with E-state index in [1.165, 1.54) is 18.9 Å². The molecular weight excluding hydrogens is 307 g/mol. The second-order valence-corrected chi connectivity index (χ2v) is 6.93. The van der Waals surface area contributed by atoms with Gasteiger partial charge in [0.2, 0.25) is 5.91 Å². The van der Waals surface area contributed by atoms with Crippen LogP contribution >= 0.6 is 0 Å². The number of rotatable bonds is 5. The van der Waals surface area contributed by atoms with Crippen LogP contribution in [0.25, 0.3) is 0 Å². The van der Waals surface area contributed by atoms with Crippen molar-refractivity contribution in [3.63, 3.8) is 0 Å². The van der Waals surface area contributed by atoms with E-state index in [-0.39, 0.29) is 17.8 Å². The Labute approximate surface area is 140 Å². The number of aromatic nitrogens is 3. The first kappa shape index (κ1) is 15.3. The molecule has 5 nitrogen and oxygen atoms in total. The zero-order chi connectivity index (χ0) is 16.7. The van der Waals surface area contributed by atoms with E-state index in [0.29, 0.717) is 37.4 Å². The van der Waals surface area contributed by atoms with E-state index < -0.39 is 0 Å². The first-order valence-electron chi connectivity index (χ1n) is 8.54. The topological polar surface area (TPSA) is 51.0 Å². The maximum Gasteiger partial charge on any atom is 0.223 e. The minimum Gasteiger partial charge on any atom is -0.338 e. The van der Waals surface area contributed by atoms with Crippen molar-refractivity contribution in [2.45, 2.75) is 44.6 Å². The molecule has 1 amide bonds. The zero-order valence-electron chi connectivity index (χ0n) is 13.8. The summed E-state index contributed by atoms with van der Waals surface area (Å²) in [4.78, 5) is 14.1. The number of halogens is 1. The number of likely N-dealkylation sites (tertiary alicyclic amines) is 1. The van der Waals surface area contributed by atoms with Crippen LogP contribution in [0.1, 0.15) is 48.0 Å². The summed E-state index contributed by atoms with van der Waals surface area (Å²) < 4.78 is 15.2. The van der Waals surface area contributed by atoms with Crippen molar-refractivity contribution in [3.05, 3.63) is 47.0 Å². The number of nitrogens with zero attached hydrogens (tertiary/aromatic N) is 4. The lowest BCUT2D eigenvalue weighted by atomic mass is 10.0. The molecule has 1 saturated heterocycles. The summed E-state index contributed by atoms with van der Waals surface area (Å²) in [6.07, 6.45) is 5.58. The summed E-state index contributed by atoms with van der Waals surface area (Å²) in [5, 5.41) is 8.42. The molecule has 2 aromatic rings. The van der Waals surface area contributed by atoms with Crippen molar-refractivity contribution in [3.8, 4) is 0 Å². The molecule has 0 bridgehead atoms. The van der Waals surface area contributed by atoms with Gasteiger partial charge in [0.05, 0.1) is 11.7 Å². The molecule has 0 spiro atoms. The first-order valence-corrected chi connectivity index (χ1v) is 8.54. The molecule has 1 saturated carbocycles. The minimum absolute atomic E-state index is 0.149. The van der Waals surface area contributed by atoms with Gasteiger partial charge in [0.1, 0.15) is 5.82 Å². The monoisotopic (exact) mass is 328 g/mol. The lowest BCUT2D eigenvalue weighted by molar-refractivity contribution is -0.137. The fourth-order valence-corrected chi connectivity index (χ4v) is 3.13. The molecule has 24 heavy (non-hydrogen) atoms. The molecule has 126 valence electrons. The summed E-state index contributed by atoms with van der Waals surface area (Å²) in [5.41, 5.74) is 2.72. The molecule has 2 aliphatic rings. The van der Waals surface area contributed by atoms with Crippen LogP contribution in [0.3, 0.4) is 0 Å². The van der Waals surface area contributed by atoms with Gasteiger partial charge in [-0.1, -0.05) is 17.3 Å². The van der Waals surface area contributed by atoms with E-state index in [9.17, 15) is 9.18 Å². The molecule has 4 rings (SSSR count). The van der Waals surface area contributed by atoms with Gasteiger partial charge in [0.25, 0.3) is 0 Å². The Morgan fingerprint density at radius 1 is 1.33 bits per heavy atom. The van der Waals surface area contributed by atoms with Crippen molar-refractivity contribution in [1.29, 1.82) is 0 Å². The highest BCUT2D eigenvalue weighted by Crippen LogP contribution is 2.39. The molecule has 2 fully saturated rings. The van der Waals surface area contributed by atoms with E-state index in [1.807, 2.05) is 21.8 Å².